The molecule has 0 saturated heterocycles. The molecule has 0 spiro atoms. The second-order valence-electron chi connectivity index (χ2n) is 4.38. The Morgan fingerprint density at radius 2 is 2.00 bits per heavy atom. The smallest absolute Gasteiger partial charge is 0.273 e. The van der Waals surface area contributed by atoms with Crippen LogP contribution in [0.1, 0.15) is 15.9 Å². The highest BCUT2D eigenvalue weighted by Crippen LogP contribution is 2.27. The molecule has 2 aromatic carbocycles. The van der Waals surface area contributed by atoms with Crippen molar-refractivity contribution in [2.24, 2.45) is 0 Å². The summed E-state index contributed by atoms with van der Waals surface area (Å²) >= 11 is 5.67. The molecule has 0 aromatic heterocycles. The van der Waals surface area contributed by atoms with Crippen molar-refractivity contribution in [3.8, 4) is 5.75 Å². The van der Waals surface area contributed by atoms with Crippen molar-refractivity contribution in [1.29, 1.82) is 0 Å². The third kappa shape index (κ3) is 3.29. The molecule has 0 radical (unpaired) electrons. The minimum Gasteiger partial charge on any atom is -0.506 e. The van der Waals surface area contributed by atoms with Crippen LogP contribution in [0.25, 0.3) is 0 Å². The van der Waals surface area contributed by atoms with Crippen LogP contribution in [0.15, 0.2) is 36.4 Å². The lowest BCUT2D eigenvalue weighted by atomic mass is 10.1. The highest BCUT2D eigenvalue weighted by atomic mass is 35.5. The molecule has 1 amide bonds. The summed E-state index contributed by atoms with van der Waals surface area (Å²) in [5.41, 5.74) is 0.842. The number of nitro groups is 1. The van der Waals surface area contributed by atoms with Crippen LogP contribution in [0.5, 0.6) is 5.75 Å². The fourth-order valence-electron chi connectivity index (χ4n) is 1.74. The molecule has 0 aliphatic rings. The number of hydrogen-bond acceptors (Lipinski definition) is 4. The van der Waals surface area contributed by atoms with E-state index in [1.54, 1.807) is 6.92 Å². The van der Waals surface area contributed by atoms with Crippen LogP contribution < -0.4 is 5.32 Å². The van der Waals surface area contributed by atoms with Crippen LogP contribution in [0.3, 0.4) is 0 Å². The standard InChI is InChI=1S/C14H11ClN2O4/c1-8-2-3-9(6-12(8)17(20)21)14(19)16-10-4-5-11(15)13(18)7-10/h2-7,18H,1H3,(H,16,19). The van der Waals surface area contributed by atoms with Crippen LogP contribution in [0.2, 0.25) is 5.02 Å². The molecule has 0 aliphatic carbocycles. The molecule has 7 heteroatoms. The second kappa shape index (κ2) is 5.80. The molecule has 0 heterocycles. The summed E-state index contributed by atoms with van der Waals surface area (Å²) in [5.74, 6) is -0.677. The summed E-state index contributed by atoms with van der Waals surface area (Å²) in [6.45, 7) is 1.59. The zero-order valence-corrected chi connectivity index (χ0v) is 11.7. The van der Waals surface area contributed by atoms with Crippen molar-refractivity contribution in [2.45, 2.75) is 6.92 Å². The Morgan fingerprint density at radius 3 is 2.62 bits per heavy atom. The number of anilines is 1. The van der Waals surface area contributed by atoms with Crippen LogP contribution in [-0.4, -0.2) is 15.9 Å². The molecular formula is C14H11ClN2O4. The van der Waals surface area contributed by atoms with Gasteiger partial charge in [0.25, 0.3) is 11.6 Å². The number of phenolic OH excluding ortho intramolecular Hbond substituents is 1. The molecule has 108 valence electrons. The van der Waals surface area contributed by atoms with Crippen LogP contribution in [0, 0.1) is 17.0 Å². The number of halogens is 1. The lowest BCUT2D eigenvalue weighted by molar-refractivity contribution is -0.385. The summed E-state index contributed by atoms with van der Waals surface area (Å²) in [4.78, 5) is 22.4. The first-order valence-electron chi connectivity index (χ1n) is 5.93. The van der Waals surface area contributed by atoms with Crippen molar-refractivity contribution in [3.63, 3.8) is 0 Å². The van der Waals surface area contributed by atoms with Gasteiger partial charge in [-0.05, 0) is 25.1 Å². The molecule has 0 aliphatic heterocycles. The van der Waals surface area contributed by atoms with Crippen molar-refractivity contribution in [1.82, 2.24) is 0 Å². The third-order valence-corrected chi connectivity index (χ3v) is 3.19. The van der Waals surface area contributed by atoms with Crippen molar-refractivity contribution in [2.75, 3.05) is 5.32 Å². The van der Waals surface area contributed by atoms with E-state index in [1.807, 2.05) is 0 Å². The van der Waals surface area contributed by atoms with Gasteiger partial charge in [0, 0.05) is 28.9 Å². The van der Waals surface area contributed by atoms with Gasteiger partial charge >= 0.3 is 0 Å². The Bertz CT molecular complexity index is 731. The molecule has 2 N–H and O–H groups in total. The highest BCUT2D eigenvalue weighted by Gasteiger charge is 2.15. The van der Waals surface area contributed by atoms with Crippen molar-refractivity contribution >= 4 is 28.9 Å². The van der Waals surface area contributed by atoms with E-state index in [-0.39, 0.29) is 22.0 Å². The van der Waals surface area contributed by atoms with Gasteiger partial charge in [-0.3, -0.25) is 14.9 Å². The van der Waals surface area contributed by atoms with Gasteiger partial charge in [-0.15, -0.1) is 0 Å². The Labute approximate surface area is 125 Å². The molecular weight excluding hydrogens is 296 g/mol. The van der Waals surface area contributed by atoms with E-state index in [2.05, 4.69) is 5.32 Å². The first-order chi connectivity index (χ1) is 9.88. The van der Waals surface area contributed by atoms with Gasteiger partial charge in [0.05, 0.1) is 9.95 Å². The largest absolute Gasteiger partial charge is 0.506 e. The fraction of sp³-hybridized carbons (Fsp3) is 0.0714. The van der Waals surface area contributed by atoms with Gasteiger partial charge in [0.15, 0.2) is 0 Å². The Hall–Kier alpha value is -2.60. The van der Waals surface area contributed by atoms with Crippen LogP contribution in [-0.2, 0) is 0 Å². The lowest BCUT2D eigenvalue weighted by Gasteiger charge is -2.07. The summed E-state index contributed by atoms with van der Waals surface area (Å²) in [6, 6.07) is 8.45. The van der Waals surface area contributed by atoms with E-state index in [4.69, 9.17) is 11.6 Å². The number of aryl methyl sites for hydroxylation is 1. The molecule has 0 saturated carbocycles. The number of nitro benzene ring substituents is 1. The second-order valence-corrected chi connectivity index (χ2v) is 4.79. The van der Waals surface area contributed by atoms with Gasteiger partial charge in [-0.1, -0.05) is 17.7 Å². The van der Waals surface area contributed by atoms with E-state index in [0.717, 1.165) is 0 Å². The fourth-order valence-corrected chi connectivity index (χ4v) is 1.86. The molecule has 2 rings (SSSR count). The minimum atomic E-state index is -0.541. The number of carbonyl (C=O) groups is 1. The topological polar surface area (TPSA) is 92.5 Å². The minimum absolute atomic E-state index is 0.124. The Morgan fingerprint density at radius 1 is 1.29 bits per heavy atom. The molecule has 21 heavy (non-hydrogen) atoms. The summed E-state index contributed by atoms with van der Waals surface area (Å²) in [7, 11) is 0. The number of hydrogen-bond donors (Lipinski definition) is 2. The third-order valence-electron chi connectivity index (χ3n) is 2.87. The average molecular weight is 307 g/mol. The molecule has 0 bridgehead atoms. The zero-order valence-electron chi connectivity index (χ0n) is 11.0. The lowest BCUT2D eigenvalue weighted by Crippen LogP contribution is -2.12. The Balaban J connectivity index is 2.26. The molecule has 0 atom stereocenters. The summed E-state index contributed by atoms with van der Waals surface area (Å²) in [5, 5.41) is 23.0. The first kappa shape index (κ1) is 14.8. The van der Waals surface area contributed by atoms with E-state index in [9.17, 15) is 20.0 Å². The monoisotopic (exact) mass is 306 g/mol. The van der Waals surface area contributed by atoms with Gasteiger partial charge in [-0.25, -0.2) is 0 Å². The Kier molecular flexibility index (Phi) is 4.09. The number of phenols is 1. The zero-order chi connectivity index (χ0) is 15.6. The van der Waals surface area contributed by atoms with Gasteiger partial charge < -0.3 is 10.4 Å². The number of aromatic hydroxyl groups is 1. The van der Waals surface area contributed by atoms with E-state index < -0.39 is 10.8 Å². The number of amides is 1. The first-order valence-corrected chi connectivity index (χ1v) is 6.31. The molecule has 6 nitrogen and oxygen atoms in total. The van der Waals surface area contributed by atoms with Crippen LogP contribution >= 0.6 is 11.6 Å². The number of nitrogens with one attached hydrogen (secondary N) is 1. The molecule has 2 aromatic rings. The number of rotatable bonds is 3. The normalized spacial score (nSPS) is 10.2. The van der Waals surface area contributed by atoms with E-state index in [0.29, 0.717) is 11.3 Å². The maximum atomic E-state index is 12.0. The highest BCUT2D eigenvalue weighted by molar-refractivity contribution is 6.32. The maximum Gasteiger partial charge on any atom is 0.273 e. The SMILES string of the molecule is Cc1ccc(C(=O)Nc2ccc(Cl)c(O)c2)cc1[N+](=O)[O-]. The summed E-state index contributed by atoms with van der Waals surface area (Å²) < 4.78 is 0. The summed E-state index contributed by atoms with van der Waals surface area (Å²) in [6.07, 6.45) is 0. The van der Waals surface area contributed by atoms with Crippen LogP contribution in [0.4, 0.5) is 11.4 Å². The van der Waals surface area contributed by atoms with Gasteiger partial charge in [0.1, 0.15) is 5.75 Å². The van der Waals surface area contributed by atoms with E-state index in [1.165, 1.54) is 36.4 Å². The number of nitrogens with zero attached hydrogens (tertiary/aromatic N) is 1. The van der Waals surface area contributed by atoms with E-state index >= 15 is 0 Å². The molecule has 0 fully saturated rings. The maximum absolute atomic E-state index is 12.0. The predicted molar refractivity (Wildman–Crippen MR) is 78.9 cm³/mol. The van der Waals surface area contributed by atoms with Crippen molar-refractivity contribution in [3.05, 3.63) is 62.7 Å². The average Bonchev–Trinajstić information content (AvgIpc) is 2.43. The predicted octanol–water partition coefficient (Wildman–Crippen LogP) is 3.51. The quantitative estimate of drug-likeness (QED) is 0.670. The van der Waals surface area contributed by atoms with Gasteiger partial charge in [0.2, 0.25) is 0 Å². The molecule has 0 unspecified atom stereocenters. The van der Waals surface area contributed by atoms with Gasteiger partial charge in [-0.2, -0.15) is 0 Å². The van der Waals surface area contributed by atoms with Crippen molar-refractivity contribution < 1.29 is 14.8 Å². The number of carbonyl (C=O) groups excluding carboxylic acids is 1. The number of benzene rings is 2.